The molecule has 1 aliphatic heterocycles. The predicted octanol–water partition coefficient (Wildman–Crippen LogP) is 6.10. The van der Waals surface area contributed by atoms with E-state index in [1.165, 1.54) is 0 Å². The highest BCUT2D eigenvalue weighted by Crippen LogP contribution is 2.49. The molecule has 1 unspecified atom stereocenters. The summed E-state index contributed by atoms with van der Waals surface area (Å²) >= 11 is 0. The molecule has 5 nitrogen and oxygen atoms in total. The summed E-state index contributed by atoms with van der Waals surface area (Å²) in [7, 11) is 3.30. The zero-order valence-corrected chi connectivity index (χ0v) is 18.4. The van der Waals surface area contributed by atoms with Crippen molar-refractivity contribution in [2.75, 3.05) is 19.5 Å². The van der Waals surface area contributed by atoms with Gasteiger partial charge >= 0.3 is 0 Å². The first-order valence-corrected chi connectivity index (χ1v) is 10.7. The van der Waals surface area contributed by atoms with E-state index in [1.54, 1.807) is 26.4 Å². The number of fused-ring (bicyclic) bond motifs is 3. The number of rotatable bonds is 5. The molecule has 0 aromatic heterocycles. The van der Waals surface area contributed by atoms with Crippen LogP contribution in [0.3, 0.4) is 0 Å². The third kappa shape index (κ3) is 3.89. The van der Waals surface area contributed by atoms with Crippen molar-refractivity contribution in [1.82, 2.24) is 0 Å². The van der Waals surface area contributed by atoms with Crippen molar-refractivity contribution in [2.24, 2.45) is 0 Å². The van der Waals surface area contributed by atoms with E-state index in [0.29, 0.717) is 11.3 Å². The second kappa shape index (κ2) is 8.71. The van der Waals surface area contributed by atoms with Crippen LogP contribution in [0.1, 0.15) is 27.6 Å². The molecule has 0 saturated carbocycles. The number of carbonyl (C=O) groups is 1. The minimum atomic E-state index is -0.372. The van der Waals surface area contributed by atoms with Crippen LogP contribution in [0.4, 0.5) is 5.69 Å². The number of benzene rings is 4. The highest BCUT2D eigenvalue weighted by Gasteiger charge is 2.30. The Balaban J connectivity index is 1.61. The molecule has 33 heavy (non-hydrogen) atoms. The van der Waals surface area contributed by atoms with Gasteiger partial charge in [-0.15, -0.1) is 0 Å². The zero-order valence-electron chi connectivity index (χ0n) is 18.4. The first-order valence-electron chi connectivity index (χ1n) is 10.7. The van der Waals surface area contributed by atoms with Crippen LogP contribution in [-0.4, -0.2) is 20.1 Å². The standard InChI is InChI=1S/C28H23NO4/c1-31-21-11-6-10-19(16-21)27-23-17-20(29-28(30)18-8-4-3-5-9-18)14-15-22(23)26-24(32-2)12-7-13-25(26)33-27/h3-17,27H,1-2H3,(H,29,30). The van der Waals surface area contributed by atoms with E-state index in [2.05, 4.69) is 5.32 Å². The maximum Gasteiger partial charge on any atom is 0.255 e. The summed E-state index contributed by atoms with van der Waals surface area (Å²) < 4.78 is 17.5. The third-order valence-electron chi connectivity index (χ3n) is 5.75. The number of anilines is 1. The minimum absolute atomic E-state index is 0.164. The molecular weight excluding hydrogens is 414 g/mol. The third-order valence-corrected chi connectivity index (χ3v) is 5.75. The monoisotopic (exact) mass is 437 g/mol. The normalized spacial score (nSPS) is 13.8. The highest BCUT2D eigenvalue weighted by atomic mass is 16.5. The van der Waals surface area contributed by atoms with Crippen LogP contribution in [0, 0.1) is 0 Å². The molecule has 0 fully saturated rings. The van der Waals surface area contributed by atoms with Crippen LogP contribution in [0.25, 0.3) is 11.1 Å². The fraction of sp³-hybridized carbons (Fsp3) is 0.107. The Morgan fingerprint density at radius 3 is 2.45 bits per heavy atom. The summed E-state index contributed by atoms with van der Waals surface area (Å²) in [5.41, 5.74) is 5.08. The first-order chi connectivity index (χ1) is 16.2. The Kier molecular flexibility index (Phi) is 5.45. The number of nitrogens with one attached hydrogen (secondary N) is 1. The lowest BCUT2D eigenvalue weighted by Gasteiger charge is -2.30. The van der Waals surface area contributed by atoms with Crippen molar-refractivity contribution in [2.45, 2.75) is 6.10 Å². The van der Waals surface area contributed by atoms with Crippen molar-refractivity contribution in [1.29, 1.82) is 0 Å². The summed E-state index contributed by atoms with van der Waals surface area (Å²) in [6.07, 6.45) is -0.372. The van der Waals surface area contributed by atoms with Crippen LogP contribution in [0.2, 0.25) is 0 Å². The SMILES string of the molecule is COc1cccc(C2Oc3cccc(OC)c3-c3ccc(NC(=O)c4ccccc4)cc32)c1. The van der Waals surface area contributed by atoms with Gasteiger partial charge in [-0.1, -0.05) is 42.5 Å². The van der Waals surface area contributed by atoms with E-state index in [1.807, 2.05) is 78.9 Å². The molecule has 1 N–H and O–H groups in total. The molecule has 1 aliphatic rings. The van der Waals surface area contributed by atoms with Gasteiger partial charge in [0.1, 0.15) is 23.4 Å². The Hall–Kier alpha value is -4.25. The van der Waals surface area contributed by atoms with Crippen molar-refractivity contribution >= 4 is 11.6 Å². The molecule has 0 bridgehead atoms. The molecule has 5 rings (SSSR count). The van der Waals surface area contributed by atoms with Crippen molar-refractivity contribution in [3.63, 3.8) is 0 Å². The van der Waals surface area contributed by atoms with Gasteiger partial charge in [0.2, 0.25) is 0 Å². The molecule has 1 heterocycles. The maximum absolute atomic E-state index is 12.7. The average Bonchev–Trinajstić information content (AvgIpc) is 2.88. The van der Waals surface area contributed by atoms with Gasteiger partial charge in [-0.25, -0.2) is 0 Å². The predicted molar refractivity (Wildman–Crippen MR) is 128 cm³/mol. The number of methoxy groups -OCH3 is 2. The quantitative estimate of drug-likeness (QED) is 0.410. The Labute approximate surface area is 192 Å². The number of ether oxygens (including phenoxy) is 3. The average molecular weight is 437 g/mol. The molecule has 0 spiro atoms. The van der Waals surface area contributed by atoms with E-state index in [4.69, 9.17) is 14.2 Å². The maximum atomic E-state index is 12.7. The Bertz CT molecular complexity index is 1320. The number of carbonyl (C=O) groups excluding carboxylic acids is 1. The summed E-state index contributed by atoms with van der Waals surface area (Å²) in [6, 6.07) is 28.6. The highest BCUT2D eigenvalue weighted by molar-refractivity contribution is 6.04. The molecule has 1 atom stereocenters. The summed E-state index contributed by atoms with van der Waals surface area (Å²) in [6.45, 7) is 0. The Morgan fingerprint density at radius 2 is 1.67 bits per heavy atom. The van der Waals surface area contributed by atoms with Gasteiger partial charge in [0.05, 0.1) is 19.8 Å². The first kappa shape index (κ1) is 20.6. The number of amides is 1. The largest absolute Gasteiger partial charge is 0.497 e. The molecule has 0 saturated heterocycles. The van der Waals surface area contributed by atoms with Gasteiger partial charge in [-0.05, 0) is 54.1 Å². The number of hydrogen-bond acceptors (Lipinski definition) is 4. The van der Waals surface area contributed by atoms with Gasteiger partial charge in [-0.3, -0.25) is 4.79 Å². The van der Waals surface area contributed by atoms with Gasteiger partial charge in [0.25, 0.3) is 5.91 Å². The second-order valence-corrected chi connectivity index (χ2v) is 7.73. The topological polar surface area (TPSA) is 56.8 Å². The second-order valence-electron chi connectivity index (χ2n) is 7.73. The number of hydrogen-bond donors (Lipinski definition) is 1. The molecule has 4 aromatic rings. The lowest BCUT2D eigenvalue weighted by atomic mass is 9.88. The van der Waals surface area contributed by atoms with Gasteiger partial charge in [0, 0.05) is 22.4 Å². The summed E-state index contributed by atoms with van der Waals surface area (Å²) in [5, 5.41) is 3.01. The van der Waals surface area contributed by atoms with E-state index in [0.717, 1.165) is 39.5 Å². The van der Waals surface area contributed by atoms with Gasteiger partial charge in [-0.2, -0.15) is 0 Å². The smallest absolute Gasteiger partial charge is 0.255 e. The van der Waals surface area contributed by atoms with Crippen LogP contribution < -0.4 is 19.5 Å². The minimum Gasteiger partial charge on any atom is -0.497 e. The molecule has 164 valence electrons. The van der Waals surface area contributed by atoms with E-state index < -0.39 is 0 Å². The van der Waals surface area contributed by atoms with E-state index >= 15 is 0 Å². The lowest BCUT2D eigenvalue weighted by Crippen LogP contribution is -2.17. The van der Waals surface area contributed by atoms with Crippen LogP contribution in [0.15, 0.2) is 91.0 Å². The van der Waals surface area contributed by atoms with Crippen molar-refractivity contribution in [3.05, 3.63) is 108 Å². The van der Waals surface area contributed by atoms with E-state index in [-0.39, 0.29) is 12.0 Å². The Morgan fingerprint density at radius 1 is 0.848 bits per heavy atom. The molecule has 5 heteroatoms. The fourth-order valence-corrected chi connectivity index (χ4v) is 4.17. The summed E-state index contributed by atoms with van der Waals surface area (Å²) in [5.74, 6) is 2.07. The van der Waals surface area contributed by atoms with Crippen molar-refractivity contribution < 1.29 is 19.0 Å². The van der Waals surface area contributed by atoms with Gasteiger partial charge < -0.3 is 19.5 Å². The molecule has 0 radical (unpaired) electrons. The van der Waals surface area contributed by atoms with Gasteiger partial charge in [0.15, 0.2) is 0 Å². The van der Waals surface area contributed by atoms with Crippen LogP contribution in [-0.2, 0) is 0 Å². The lowest BCUT2D eigenvalue weighted by molar-refractivity contribution is 0.102. The van der Waals surface area contributed by atoms with Crippen LogP contribution in [0.5, 0.6) is 17.2 Å². The molecule has 1 amide bonds. The molecule has 4 aromatic carbocycles. The van der Waals surface area contributed by atoms with Crippen LogP contribution >= 0.6 is 0 Å². The zero-order chi connectivity index (χ0) is 22.8. The fourth-order valence-electron chi connectivity index (χ4n) is 4.17. The molecular formula is C28H23NO4. The summed E-state index contributed by atoms with van der Waals surface area (Å²) in [4.78, 5) is 12.7. The van der Waals surface area contributed by atoms with Crippen molar-refractivity contribution in [3.8, 4) is 28.4 Å². The molecule has 0 aliphatic carbocycles. The van der Waals surface area contributed by atoms with E-state index in [9.17, 15) is 4.79 Å².